The summed E-state index contributed by atoms with van der Waals surface area (Å²) in [6.07, 6.45) is 6.92. The Hall–Kier alpha value is -7.75. The molecule has 0 aliphatic rings. The van der Waals surface area contributed by atoms with Gasteiger partial charge in [-0.2, -0.15) is 52.3 Å². The number of benzene rings is 8. The Balaban J connectivity index is 0.00000291. The second kappa shape index (κ2) is 20.3. The third-order valence-electron chi connectivity index (χ3n) is 13.2. The standard InChI is InChI=1S/C63H40N6.2Pt/c1-5-21-47(22-6-1)62(48-23-7-2-8-24-48,51-29-17-19-45(41-51)57-31-13-15-37-64-57)53-33-35-55-56-36-34-54(44-60(56)69(59(55)43-53)61-66-39-40-67-68-61)63(49-25-9-3-10-26-49,50-27-11-4-12-28-50)52-30-18-20-46(42-52)58-32-14-16-38-65-58;;/h1-40H;;/q-4;2*+2. The molecule has 0 N–H and O–H groups in total. The van der Waals surface area contributed by atoms with E-state index >= 15 is 0 Å². The van der Waals surface area contributed by atoms with Gasteiger partial charge in [-0.15, -0.1) is 87.0 Å². The summed E-state index contributed by atoms with van der Waals surface area (Å²) in [6, 6.07) is 91.8. The molecule has 0 fully saturated rings. The minimum Gasteiger partial charge on any atom is -0.327 e. The minimum absolute atomic E-state index is 0. The Kier molecular flexibility index (Phi) is 13.4. The Bertz CT molecular complexity index is 3400. The number of hydrogen-bond donors (Lipinski definition) is 0. The number of hydrogen-bond acceptors (Lipinski definition) is 5. The number of aromatic nitrogens is 6. The summed E-state index contributed by atoms with van der Waals surface area (Å²) < 4.78 is 2.06. The molecule has 4 heterocycles. The zero-order valence-corrected chi connectivity index (χ0v) is 42.5. The van der Waals surface area contributed by atoms with Gasteiger partial charge >= 0.3 is 42.1 Å². The fraction of sp³-hybridized carbons (Fsp3) is 0.0317. The van der Waals surface area contributed by atoms with Crippen molar-refractivity contribution in [1.82, 2.24) is 29.7 Å². The van der Waals surface area contributed by atoms with E-state index in [4.69, 9.17) is 15.0 Å². The topological polar surface area (TPSA) is 69.4 Å². The first kappa shape index (κ1) is 46.9. The van der Waals surface area contributed by atoms with Crippen LogP contribution in [0.2, 0.25) is 0 Å². The van der Waals surface area contributed by atoms with Crippen molar-refractivity contribution in [2.24, 2.45) is 0 Å². The number of pyridine rings is 2. The van der Waals surface area contributed by atoms with Gasteiger partial charge in [-0.25, -0.2) is 4.98 Å². The van der Waals surface area contributed by atoms with E-state index in [2.05, 4.69) is 221 Å². The van der Waals surface area contributed by atoms with Crippen LogP contribution in [0.5, 0.6) is 0 Å². The third kappa shape index (κ3) is 8.17. The smallest absolute Gasteiger partial charge is 0.327 e. The van der Waals surface area contributed by atoms with E-state index in [9.17, 15) is 0 Å². The zero-order valence-electron chi connectivity index (χ0n) is 37.9. The molecule has 12 rings (SSSR count). The second-order valence-electron chi connectivity index (χ2n) is 16.9. The summed E-state index contributed by atoms with van der Waals surface area (Å²) in [5, 5.41) is 11.0. The summed E-state index contributed by atoms with van der Waals surface area (Å²) in [4.78, 5) is 14.3. The van der Waals surface area contributed by atoms with Gasteiger partial charge in [0.05, 0.1) is 12.4 Å². The summed E-state index contributed by atoms with van der Waals surface area (Å²) in [7, 11) is 0. The molecule has 0 amide bonds. The Morgan fingerprint density at radius 2 is 0.718 bits per heavy atom. The van der Waals surface area contributed by atoms with Gasteiger partial charge in [0.2, 0.25) is 0 Å². The first-order valence-corrected chi connectivity index (χ1v) is 22.9. The fourth-order valence-corrected chi connectivity index (χ4v) is 10.2. The molecule has 0 aliphatic heterocycles. The van der Waals surface area contributed by atoms with Crippen molar-refractivity contribution in [3.63, 3.8) is 0 Å². The molecule has 0 aliphatic carbocycles. The maximum atomic E-state index is 4.87. The van der Waals surface area contributed by atoms with Gasteiger partial charge < -0.3 is 14.5 Å². The van der Waals surface area contributed by atoms with E-state index in [1.807, 2.05) is 48.8 Å². The molecule has 6 nitrogen and oxygen atoms in total. The largest absolute Gasteiger partial charge is 2.00 e. The van der Waals surface area contributed by atoms with Crippen molar-refractivity contribution in [1.29, 1.82) is 0 Å². The van der Waals surface area contributed by atoms with Crippen LogP contribution in [0, 0.1) is 24.3 Å². The summed E-state index contributed by atoms with van der Waals surface area (Å²) in [5.41, 5.74) is 11.3. The number of fused-ring (bicyclic) bond motifs is 3. The van der Waals surface area contributed by atoms with Crippen LogP contribution >= 0.6 is 0 Å². The van der Waals surface area contributed by atoms with Crippen LogP contribution in [0.1, 0.15) is 44.5 Å². The van der Waals surface area contributed by atoms with Crippen LogP contribution in [0.3, 0.4) is 0 Å². The van der Waals surface area contributed by atoms with E-state index in [0.29, 0.717) is 5.95 Å². The summed E-state index contributed by atoms with van der Waals surface area (Å²) in [5.74, 6) is 0.404. The predicted octanol–water partition coefficient (Wildman–Crippen LogP) is 13.1. The van der Waals surface area contributed by atoms with Gasteiger partial charge in [-0.1, -0.05) is 157 Å². The first-order valence-electron chi connectivity index (χ1n) is 22.9. The van der Waals surface area contributed by atoms with Gasteiger partial charge in [0.1, 0.15) is 0 Å². The molecule has 0 saturated heterocycles. The molecule has 0 spiro atoms. The SMILES string of the molecule is [Pt+2].[Pt+2].[c-]1c(-c2ccccn2)cccc1C(c1[c-]c2c(cc1)c1ccc(C(c3[c-]c(-c4ccccn4)ccc3)(c3ccccc3)c3ccccc3)[c-]c1n2-c1nccnn1)(c1ccccc1)c1ccccc1. The maximum absolute atomic E-state index is 4.87. The van der Waals surface area contributed by atoms with E-state index in [0.717, 1.165) is 88.8 Å². The molecule has 71 heavy (non-hydrogen) atoms. The minimum atomic E-state index is -0.877. The third-order valence-corrected chi connectivity index (χ3v) is 13.2. The van der Waals surface area contributed by atoms with Crippen LogP contribution < -0.4 is 0 Å². The van der Waals surface area contributed by atoms with E-state index < -0.39 is 10.8 Å². The van der Waals surface area contributed by atoms with Crippen molar-refractivity contribution in [3.05, 3.63) is 312 Å². The van der Waals surface area contributed by atoms with Crippen molar-refractivity contribution in [3.8, 4) is 28.5 Å². The molecule has 8 heteroatoms. The van der Waals surface area contributed by atoms with Crippen molar-refractivity contribution >= 4 is 21.8 Å². The van der Waals surface area contributed by atoms with Crippen LogP contribution in [0.15, 0.2) is 243 Å². The average Bonchev–Trinajstić information content (AvgIpc) is 3.76. The average molecular weight is 1270 g/mol. The number of nitrogens with zero attached hydrogens (tertiary/aromatic N) is 6. The van der Waals surface area contributed by atoms with Crippen LogP contribution in [0.25, 0.3) is 50.3 Å². The van der Waals surface area contributed by atoms with Crippen molar-refractivity contribution in [2.75, 3.05) is 0 Å². The van der Waals surface area contributed by atoms with Gasteiger partial charge in [0.25, 0.3) is 5.95 Å². The van der Waals surface area contributed by atoms with E-state index in [1.54, 1.807) is 12.4 Å². The quantitative estimate of drug-likeness (QED) is 0.0953. The Morgan fingerprint density at radius 1 is 0.324 bits per heavy atom. The van der Waals surface area contributed by atoms with Crippen molar-refractivity contribution < 1.29 is 42.1 Å². The summed E-state index contributed by atoms with van der Waals surface area (Å²) in [6.45, 7) is 0. The maximum Gasteiger partial charge on any atom is 2.00 e. The second-order valence-corrected chi connectivity index (χ2v) is 16.9. The zero-order chi connectivity index (χ0) is 46.0. The molecule has 0 saturated carbocycles. The molecule has 0 atom stereocenters. The Morgan fingerprint density at radius 3 is 1.08 bits per heavy atom. The Labute approximate surface area is 441 Å². The van der Waals surface area contributed by atoms with Gasteiger partial charge in [-0.05, 0) is 45.8 Å². The fourth-order valence-electron chi connectivity index (χ4n) is 10.2. The molecule has 12 aromatic rings. The van der Waals surface area contributed by atoms with Crippen LogP contribution in [-0.2, 0) is 53.0 Å². The van der Waals surface area contributed by atoms with E-state index in [-0.39, 0.29) is 42.1 Å². The molecule has 342 valence electrons. The molecular weight excluding hydrogens is 1230 g/mol. The molecule has 0 radical (unpaired) electrons. The van der Waals surface area contributed by atoms with Gasteiger partial charge in [0, 0.05) is 23.2 Å². The molecule has 4 aromatic heterocycles. The summed E-state index contributed by atoms with van der Waals surface area (Å²) >= 11 is 0. The normalized spacial score (nSPS) is 11.4. The van der Waals surface area contributed by atoms with Gasteiger partial charge in [0.15, 0.2) is 0 Å². The van der Waals surface area contributed by atoms with Crippen LogP contribution in [0.4, 0.5) is 0 Å². The predicted molar refractivity (Wildman–Crippen MR) is 273 cm³/mol. The van der Waals surface area contributed by atoms with Crippen molar-refractivity contribution in [2.45, 2.75) is 10.8 Å². The first-order chi connectivity index (χ1) is 34.2. The van der Waals surface area contributed by atoms with Gasteiger partial charge in [-0.3, -0.25) is 0 Å². The van der Waals surface area contributed by atoms with E-state index in [1.165, 1.54) is 0 Å². The number of rotatable bonds is 11. The monoisotopic (exact) mass is 1270 g/mol. The van der Waals surface area contributed by atoms with Crippen LogP contribution in [-0.4, -0.2) is 29.7 Å². The molecular formula is C63H40N6Pt2. The molecule has 8 aromatic carbocycles. The molecule has 0 bridgehead atoms. The molecule has 0 unspecified atom stereocenters.